The summed E-state index contributed by atoms with van der Waals surface area (Å²) in [5.74, 6) is -1.46. The molecule has 3 aliphatic rings. The number of ketones is 3. The van der Waals surface area contributed by atoms with E-state index in [1.165, 1.54) is 30.2 Å². The highest BCUT2D eigenvalue weighted by atomic mass is 16.2. The molecule has 0 spiro atoms. The predicted molar refractivity (Wildman–Crippen MR) is 133 cm³/mol. The van der Waals surface area contributed by atoms with E-state index in [0.717, 1.165) is 25.1 Å². The SMILES string of the molecule is CC(C)=CCC1CC2C=C(C(=O)/C=C/c3ccc(N4CCCC4)cc3)C(=O)C(C2=O)C1(C)C. The molecule has 1 aromatic rings. The summed E-state index contributed by atoms with van der Waals surface area (Å²) in [5, 5.41) is 0. The Morgan fingerprint density at radius 2 is 1.76 bits per heavy atom. The Bertz CT molecular complexity index is 1030. The molecule has 1 saturated carbocycles. The van der Waals surface area contributed by atoms with Gasteiger partial charge in [0.05, 0.1) is 11.5 Å². The third-order valence-electron chi connectivity index (χ3n) is 7.75. The first kappa shape index (κ1) is 23.4. The number of hydrogen-bond acceptors (Lipinski definition) is 4. The number of allylic oxidation sites excluding steroid dienone is 5. The third kappa shape index (κ3) is 4.66. The van der Waals surface area contributed by atoms with Crippen LogP contribution in [-0.4, -0.2) is 30.4 Å². The van der Waals surface area contributed by atoms with E-state index in [-0.39, 0.29) is 34.8 Å². The number of anilines is 1. The fraction of sp³-hybridized carbons (Fsp3) is 0.483. The van der Waals surface area contributed by atoms with Crippen molar-refractivity contribution < 1.29 is 14.4 Å². The molecule has 4 rings (SSSR count). The summed E-state index contributed by atoms with van der Waals surface area (Å²) in [6, 6.07) is 8.17. The van der Waals surface area contributed by atoms with Gasteiger partial charge in [-0.25, -0.2) is 0 Å². The van der Waals surface area contributed by atoms with Crippen molar-refractivity contribution in [2.24, 2.45) is 23.2 Å². The first-order valence-electron chi connectivity index (χ1n) is 12.2. The van der Waals surface area contributed by atoms with Gasteiger partial charge in [0, 0.05) is 24.7 Å². The quantitative estimate of drug-likeness (QED) is 0.248. The van der Waals surface area contributed by atoms with Crippen molar-refractivity contribution >= 4 is 29.1 Å². The molecule has 0 aromatic heterocycles. The van der Waals surface area contributed by atoms with Crippen molar-refractivity contribution in [3.8, 4) is 0 Å². The summed E-state index contributed by atoms with van der Waals surface area (Å²) in [6.07, 6.45) is 11.1. The van der Waals surface area contributed by atoms with Crippen molar-refractivity contribution in [3.63, 3.8) is 0 Å². The molecule has 1 saturated heterocycles. The second kappa shape index (κ2) is 9.24. The van der Waals surface area contributed by atoms with E-state index in [4.69, 9.17) is 0 Å². The lowest BCUT2D eigenvalue weighted by molar-refractivity contribution is -0.145. The average Bonchev–Trinajstić information content (AvgIpc) is 3.30. The average molecular weight is 446 g/mol. The molecule has 3 atom stereocenters. The minimum absolute atomic E-state index is 0.0171. The molecule has 4 heteroatoms. The van der Waals surface area contributed by atoms with Crippen molar-refractivity contribution in [2.75, 3.05) is 18.0 Å². The Kier molecular flexibility index (Phi) is 6.56. The number of fused-ring (bicyclic) bond motifs is 2. The minimum atomic E-state index is -0.732. The Balaban J connectivity index is 1.51. The normalized spacial score (nSPS) is 26.5. The van der Waals surface area contributed by atoms with Gasteiger partial charge in [0.25, 0.3) is 0 Å². The monoisotopic (exact) mass is 445 g/mol. The Morgan fingerprint density at radius 3 is 2.39 bits per heavy atom. The van der Waals surface area contributed by atoms with Gasteiger partial charge in [-0.05, 0) is 74.6 Å². The van der Waals surface area contributed by atoms with E-state index in [9.17, 15) is 14.4 Å². The summed E-state index contributed by atoms with van der Waals surface area (Å²) >= 11 is 0. The van der Waals surface area contributed by atoms with Crippen LogP contribution in [0, 0.1) is 23.2 Å². The maximum absolute atomic E-state index is 13.3. The van der Waals surface area contributed by atoms with Crippen LogP contribution in [0.25, 0.3) is 6.08 Å². The summed E-state index contributed by atoms with van der Waals surface area (Å²) < 4.78 is 0. The number of benzene rings is 1. The molecule has 33 heavy (non-hydrogen) atoms. The van der Waals surface area contributed by atoms with Gasteiger partial charge >= 0.3 is 0 Å². The van der Waals surface area contributed by atoms with Gasteiger partial charge in [-0.15, -0.1) is 0 Å². The van der Waals surface area contributed by atoms with Gasteiger partial charge in [0.1, 0.15) is 0 Å². The second-order valence-corrected chi connectivity index (χ2v) is 10.6. The highest BCUT2D eigenvalue weighted by Crippen LogP contribution is 2.51. The summed E-state index contributed by atoms with van der Waals surface area (Å²) in [6.45, 7) is 10.3. The van der Waals surface area contributed by atoms with E-state index < -0.39 is 11.3 Å². The molecule has 2 fully saturated rings. The molecular weight excluding hydrogens is 410 g/mol. The van der Waals surface area contributed by atoms with Crippen molar-refractivity contribution in [3.05, 3.63) is 59.2 Å². The number of carbonyl (C=O) groups is 3. The predicted octanol–water partition coefficient (Wildman–Crippen LogP) is 5.58. The van der Waals surface area contributed by atoms with Gasteiger partial charge in [-0.3, -0.25) is 14.4 Å². The van der Waals surface area contributed by atoms with Gasteiger partial charge in [0.2, 0.25) is 0 Å². The number of carbonyl (C=O) groups excluding carboxylic acids is 3. The highest BCUT2D eigenvalue weighted by molar-refractivity contribution is 6.31. The van der Waals surface area contributed by atoms with Crippen molar-refractivity contribution in [1.29, 1.82) is 0 Å². The molecule has 0 N–H and O–H groups in total. The first-order valence-corrected chi connectivity index (χ1v) is 12.2. The van der Waals surface area contributed by atoms with Crippen LogP contribution in [0.4, 0.5) is 5.69 Å². The molecule has 1 aromatic carbocycles. The molecule has 4 nitrogen and oxygen atoms in total. The second-order valence-electron chi connectivity index (χ2n) is 10.6. The Hall–Kier alpha value is -2.75. The fourth-order valence-electron chi connectivity index (χ4n) is 5.61. The fourth-order valence-corrected chi connectivity index (χ4v) is 5.61. The molecule has 1 heterocycles. The van der Waals surface area contributed by atoms with E-state index >= 15 is 0 Å². The van der Waals surface area contributed by atoms with E-state index in [1.54, 1.807) is 12.2 Å². The molecule has 1 aliphatic heterocycles. The number of nitrogens with zero attached hydrogens (tertiary/aromatic N) is 1. The van der Waals surface area contributed by atoms with Crippen LogP contribution in [-0.2, 0) is 14.4 Å². The molecule has 174 valence electrons. The van der Waals surface area contributed by atoms with Crippen LogP contribution in [0.2, 0.25) is 0 Å². The molecule has 3 unspecified atom stereocenters. The number of Topliss-reactive ketones (excluding diaryl/α,β-unsaturated/α-hetero) is 2. The maximum Gasteiger partial charge on any atom is 0.189 e. The van der Waals surface area contributed by atoms with Crippen LogP contribution < -0.4 is 4.90 Å². The number of hydrogen-bond donors (Lipinski definition) is 0. The Labute approximate surface area is 197 Å². The maximum atomic E-state index is 13.3. The Morgan fingerprint density at radius 1 is 1.09 bits per heavy atom. The molecule has 0 radical (unpaired) electrons. The molecule has 0 amide bonds. The lowest BCUT2D eigenvalue weighted by Gasteiger charge is -2.47. The van der Waals surface area contributed by atoms with Gasteiger partial charge in [0.15, 0.2) is 17.3 Å². The van der Waals surface area contributed by atoms with Crippen molar-refractivity contribution in [1.82, 2.24) is 0 Å². The van der Waals surface area contributed by atoms with Crippen LogP contribution in [0.15, 0.2) is 53.6 Å². The minimum Gasteiger partial charge on any atom is -0.372 e. The zero-order valence-corrected chi connectivity index (χ0v) is 20.3. The van der Waals surface area contributed by atoms with Crippen LogP contribution in [0.5, 0.6) is 0 Å². The van der Waals surface area contributed by atoms with Crippen molar-refractivity contribution in [2.45, 2.75) is 53.4 Å². The zero-order valence-electron chi connectivity index (χ0n) is 20.3. The standard InChI is InChI=1S/C29H35NO3/c1-19(2)7-11-22-17-21-18-24(28(33)26(27(21)32)29(22,3)4)25(31)14-10-20-8-12-23(13-9-20)30-15-5-6-16-30/h7-10,12-14,18,21-22,26H,5-6,11,15-17H2,1-4H3/b14-10+. The van der Waals surface area contributed by atoms with Gasteiger partial charge < -0.3 is 4.90 Å². The summed E-state index contributed by atoms with van der Waals surface area (Å²) in [7, 11) is 0. The van der Waals surface area contributed by atoms with E-state index in [1.807, 2.05) is 26.0 Å². The van der Waals surface area contributed by atoms with E-state index in [2.05, 4.69) is 37.0 Å². The molecule has 2 aliphatic carbocycles. The first-order chi connectivity index (χ1) is 15.7. The number of rotatable bonds is 6. The lowest BCUT2D eigenvalue weighted by Crippen LogP contribution is -2.52. The topological polar surface area (TPSA) is 54.5 Å². The summed E-state index contributed by atoms with van der Waals surface area (Å²) in [4.78, 5) is 41.7. The van der Waals surface area contributed by atoms with Crippen LogP contribution >= 0.6 is 0 Å². The third-order valence-corrected chi connectivity index (χ3v) is 7.75. The van der Waals surface area contributed by atoms with Crippen LogP contribution in [0.1, 0.15) is 58.9 Å². The zero-order chi connectivity index (χ0) is 23.8. The highest BCUT2D eigenvalue weighted by Gasteiger charge is 2.54. The van der Waals surface area contributed by atoms with Crippen LogP contribution in [0.3, 0.4) is 0 Å². The summed E-state index contributed by atoms with van der Waals surface area (Å²) in [5.41, 5.74) is 3.09. The smallest absolute Gasteiger partial charge is 0.189 e. The van der Waals surface area contributed by atoms with Gasteiger partial charge in [-0.2, -0.15) is 0 Å². The van der Waals surface area contributed by atoms with E-state index in [0.29, 0.717) is 6.42 Å². The largest absolute Gasteiger partial charge is 0.372 e. The molecule has 2 bridgehead atoms. The lowest BCUT2D eigenvalue weighted by atomic mass is 9.54. The van der Waals surface area contributed by atoms with Gasteiger partial charge in [-0.1, -0.05) is 49.8 Å². The molecular formula is C29H35NO3.